The normalized spacial score (nSPS) is 24.6. The molecule has 1 heterocycles. The Morgan fingerprint density at radius 1 is 0.966 bits per heavy atom. The Morgan fingerprint density at radius 3 is 2.24 bits per heavy atom. The molecule has 160 valence electrons. The van der Waals surface area contributed by atoms with Crippen molar-refractivity contribution in [2.45, 2.75) is 82.3 Å². The van der Waals surface area contributed by atoms with Crippen LogP contribution in [0.2, 0.25) is 0 Å². The Hall–Kier alpha value is -1.39. The van der Waals surface area contributed by atoms with Crippen LogP contribution in [0.5, 0.6) is 0 Å². The predicted octanol–water partition coefficient (Wildman–Crippen LogP) is 4.23. The van der Waals surface area contributed by atoms with Crippen LogP contribution in [0.25, 0.3) is 0 Å². The molecule has 4 heteroatoms. The summed E-state index contributed by atoms with van der Waals surface area (Å²) in [5.41, 5.74) is -0.643. The van der Waals surface area contributed by atoms with E-state index in [4.69, 9.17) is 0 Å². The highest BCUT2D eigenvalue weighted by Crippen LogP contribution is 2.41. The molecule has 2 N–H and O–H groups in total. The molecule has 4 nitrogen and oxygen atoms in total. The fraction of sp³-hybridized carbons (Fsp3) is 0.720. The molecule has 1 unspecified atom stereocenters. The van der Waals surface area contributed by atoms with E-state index >= 15 is 0 Å². The summed E-state index contributed by atoms with van der Waals surface area (Å²) in [7, 11) is 0. The summed E-state index contributed by atoms with van der Waals surface area (Å²) in [6, 6.07) is 9.78. The van der Waals surface area contributed by atoms with Crippen LogP contribution < -0.4 is 5.32 Å². The molecule has 4 rings (SSSR count). The SMILES string of the molecule is O=C(NC1CCN(CCC2CCCC2)CC1)C(O)(c1ccccc1)C1CCCC1. The van der Waals surface area contributed by atoms with Gasteiger partial charge in [-0.05, 0) is 50.1 Å². The first-order valence-electron chi connectivity index (χ1n) is 12.0. The number of carbonyl (C=O) groups is 1. The molecule has 1 saturated heterocycles. The van der Waals surface area contributed by atoms with Gasteiger partial charge in [0.25, 0.3) is 5.91 Å². The molecule has 2 saturated carbocycles. The van der Waals surface area contributed by atoms with E-state index in [1.807, 2.05) is 30.3 Å². The van der Waals surface area contributed by atoms with E-state index in [0.29, 0.717) is 0 Å². The van der Waals surface area contributed by atoms with Crippen LogP contribution >= 0.6 is 0 Å². The number of amides is 1. The zero-order valence-electron chi connectivity index (χ0n) is 17.8. The van der Waals surface area contributed by atoms with Crippen LogP contribution in [0.3, 0.4) is 0 Å². The monoisotopic (exact) mass is 398 g/mol. The second kappa shape index (κ2) is 9.61. The lowest BCUT2D eigenvalue weighted by molar-refractivity contribution is -0.148. The maximum Gasteiger partial charge on any atom is 0.257 e. The molecular formula is C25H38N2O2. The van der Waals surface area contributed by atoms with Gasteiger partial charge in [-0.15, -0.1) is 0 Å². The molecule has 3 fully saturated rings. The van der Waals surface area contributed by atoms with Crippen molar-refractivity contribution in [1.29, 1.82) is 0 Å². The van der Waals surface area contributed by atoms with Gasteiger partial charge in [-0.2, -0.15) is 0 Å². The summed E-state index contributed by atoms with van der Waals surface area (Å²) >= 11 is 0. The number of aliphatic hydroxyl groups is 1. The van der Waals surface area contributed by atoms with E-state index in [-0.39, 0.29) is 17.9 Å². The van der Waals surface area contributed by atoms with Crippen LogP contribution in [0.4, 0.5) is 0 Å². The molecule has 1 aromatic carbocycles. The van der Waals surface area contributed by atoms with Gasteiger partial charge in [0, 0.05) is 25.0 Å². The third-order valence-corrected chi connectivity index (χ3v) is 7.76. The molecule has 0 spiro atoms. The number of hydrogen-bond donors (Lipinski definition) is 2. The molecular weight excluding hydrogens is 360 g/mol. The first kappa shape index (κ1) is 20.9. The lowest BCUT2D eigenvalue weighted by atomic mass is 9.79. The Morgan fingerprint density at radius 2 is 1.59 bits per heavy atom. The molecule has 1 aromatic rings. The maximum atomic E-state index is 13.3. The van der Waals surface area contributed by atoms with Gasteiger partial charge < -0.3 is 15.3 Å². The Balaban J connectivity index is 1.32. The van der Waals surface area contributed by atoms with Crippen LogP contribution in [0.15, 0.2) is 30.3 Å². The maximum absolute atomic E-state index is 13.3. The Labute approximate surface area is 176 Å². The van der Waals surface area contributed by atoms with E-state index in [1.165, 1.54) is 38.6 Å². The highest BCUT2D eigenvalue weighted by Gasteiger charge is 2.46. The second-order valence-corrected chi connectivity index (χ2v) is 9.64. The fourth-order valence-corrected chi connectivity index (χ4v) is 5.85. The van der Waals surface area contributed by atoms with E-state index < -0.39 is 5.60 Å². The minimum atomic E-state index is -1.39. The predicted molar refractivity (Wildman–Crippen MR) is 116 cm³/mol. The van der Waals surface area contributed by atoms with Crippen molar-refractivity contribution in [3.05, 3.63) is 35.9 Å². The average molecular weight is 399 g/mol. The molecule has 1 aliphatic heterocycles. The second-order valence-electron chi connectivity index (χ2n) is 9.64. The van der Waals surface area contributed by atoms with Crippen LogP contribution in [0, 0.1) is 11.8 Å². The summed E-state index contributed by atoms with van der Waals surface area (Å²) in [4.78, 5) is 15.9. The topological polar surface area (TPSA) is 52.6 Å². The fourth-order valence-electron chi connectivity index (χ4n) is 5.85. The lowest BCUT2D eigenvalue weighted by Gasteiger charge is -2.37. The zero-order valence-corrected chi connectivity index (χ0v) is 17.8. The van der Waals surface area contributed by atoms with Gasteiger partial charge >= 0.3 is 0 Å². The third-order valence-electron chi connectivity index (χ3n) is 7.76. The number of rotatable bonds is 7. The van der Waals surface area contributed by atoms with Gasteiger partial charge in [-0.3, -0.25) is 4.79 Å². The van der Waals surface area contributed by atoms with Crippen molar-refractivity contribution in [2.24, 2.45) is 11.8 Å². The zero-order chi connectivity index (χ0) is 20.1. The lowest BCUT2D eigenvalue weighted by Crippen LogP contribution is -2.54. The van der Waals surface area contributed by atoms with Crippen molar-refractivity contribution in [2.75, 3.05) is 19.6 Å². The van der Waals surface area contributed by atoms with Crippen molar-refractivity contribution < 1.29 is 9.90 Å². The largest absolute Gasteiger partial charge is 0.375 e. The molecule has 29 heavy (non-hydrogen) atoms. The van der Waals surface area contributed by atoms with Gasteiger partial charge in [0.05, 0.1) is 0 Å². The molecule has 0 radical (unpaired) electrons. The van der Waals surface area contributed by atoms with Gasteiger partial charge in [0.15, 0.2) is 5.60 Å². The molecule has 2 aliphatic carbocycles. The molecule has 3 aliphatic rings. The van der Waals surface area contributed by atoms with Crippen molar-refractivity contribution >= 4 is 5.91 Å². The van der Waals surface area contributed by atoms with E-state index in [9.17, 15) is 9.90 Å². The molecule has 1 amide bonds. The Bertz CT molecular complexity index is 644. The minimum Gasteiger partial charge on any atom is -0.375 e. The minimum absolute atomic E-state index is 0.0244. The highest BCUT2D eigenvalue weighted by atomic mass is 16.3. The summed E-state index contributed by atoms with van der Waals surface area (Å²) in [6.45, 7) is 3.33. The Kier molecular flexibility index (Phi) is 6.92. The van der Waals surface area contributed by atoms with Crippen molar-refractivity contribution in [3.63, 3.8) is 0 Å². The standard InChI is InChI=1S/C25H38N2O2/c28-24(25(29,22-12-6-7-13-22)21-10-2-1-3-11-21)26-23-15-18-27(19-16-23)17-14-20-8-4-5-9-20/h1-3,10-11,20,22-23,29H,4-9,12-19H2,(H,26,28). The molecule has 1 atom stereocenters. The van der Waals surface area contributed by atoms with E-state index in [0.717, 1.165) is 63.1 Å². The van der Waals surface area contributed by atoms with Gasteiger partial charge in [-0.1, -0.05) is 68.9 Å². The molecule has 0 aromatic heterocycles. The summed E-state index contributed by atoms with van der Waals surface area (Å²) < 4.78 is 0. The summed E-state index contributed by atoms with van der Waals surface area (Å²) in [5, 5.41) is 14.9. The smallest absolute Gasteiger partial charge is 0.257 e. The number of carbonyl (C=O) groups excluding carboxylic acids is 1. The number of likely N-dealkylation sites (tertiary alicyclic amines) is 1. The van der Waals surface area contributed by atoms with E-state index in [1.54, 1.807) is 0 Å². The first-order chi connectivity index (χ1) is 14.2. The van der Waals surface area contributed by atoms with Crippen LogP contribution in [-0.4, -0.2) is 41.6 Å². The highest BCUT2D eigenvalue weighted by molar-refractivity contribution is 5.87. The van der Waals surface area contributed by atoms with Crippen LogP contribution in [-0.2, 0) is 10.4 Å². The molecule has 0 bridgehead atoms. The average Bonchev–Trinajstić information content (AvgIpc) is 3.48. The van der Waals surface area contributed by atoms with Gasteiger partial charge in [0.2, 0.25) is 0 Å². The third kappa shape index (κ3) is 4.86. The number of hydrogen-bond acceptors (Lipinski definition) is 3. The van der Waals surface area contributed by atoms with Crippen molar-refractivity contribution in [3.8, 4) is 0 Å². The number of piperidine rings is 1. The van der Waals surface area contributed by atoms with Gasteiger partial charge in [0.1, 0.15) is 0 Å². The number of nitrogens with zero attached hydrogens (tertiary/aromatic N) is 1. The van der Waals surface area contributed by atoms with Crippen molar-refractivity contribution in [1.82, 2.24) is 10.2 Å². The summed E-state index contributed by atoms with van der Waals surface area (Å²) in [5.74, 6) is 0.788. The first-order valence-corrected chi connectivity index (χ1v) is 12.0. The van der Waals surface area contributed by atoms with Gasteiger partial charge in [-0.25, -0.2) is 0 Å². The number of nitrogens with one attached hydrogen (secondary N) is 1. The quantitative estimate of drug-likeness (QED) is 0.723. The van der Waals surface area contributed by atoms with Crippen LogP contribution in [0.1, 0.15) is 76.2 Å². The van der Waals surface area contributed by atoms with E-state index in [2.05, 4.69) is 10.2 Å². The number of benzene rings is 1. The summed E-state index contributed by atoms with van der Waals surface area (Å²) in [6.07, 6.45) is 13.1.